The van der Waals surface area contributed by atoms with Crippen molar-refractivity contribution in [2.24, 2.45) is 5.73 Å². The highest BCUT2D eigenvalue weighted by Gasteiger charge is 2.13. The lowest BCUT2D eigenvalue weighted by Crippen LogP contribution is -2.15. The first-order valence-electron chi connectivity index (χ1n) is 5.91. The number of nitrogens with zero attached hydrogens (tertiary/aromatic N) is 1. The van der Waals surface area contributed by atoms with Crippen LogP contribution < -0.4 is 5.73 Å². The fourth-order valence-electron chi connectivity index (χ4n) is 1.92. The molecule has 1 atom stereocenters. The van der Waals surface area contributed by atoms with Gasteiger partial charge in [0.25, 0.3) is 5.69 Å². The molecule has 6 heteroatoms. The lowest BCUT2D eigenvalue weighted by atomic mass is 9.99. The molecule has 0 fully saturated rings. The van der Waals surface area contributed by atoms with Crippen LogP contribution in [0.5, 0.6) is 0 Å². The Bertz CT molecular complexity index is 632. The Morgan fingerprint density at radius 1 is 1.25 bits per heavy atom. The molecule has 1 unspecified atom stereocenters. The van der Waals surface area contributed by atoms with Gasteiger partial charge in [0.2, 0.25) is 0 Å². The smallest absolute Gasteiger partial charge is 0.269 e. The van der Waals surface area contributed by atoms with Crippen molar-refractivity contribution in [2.45, 2.75) is 12.5 Å². The summed E-state index contributed by atoms with van der Waals surface area (Å²) in [6.07, 6.45) is 0.385. The standard InChI is InChI=1S/C14H12ClFN2O2/c15-10-3-6-12(13(16)8-10)14(17)7-9-1-4-11(5-2-9)18(19)20/h1-6,8,14H,7,17H2. The highest BCUT2D eigenvalue weighted by molar-refractivity contribution is 6.30. The SMILES string of the molecule is NC(Cc1ccc([N+](=O)[O-])cc1)c1ccc(Cl)cc1F. The number of halogens is 2. The van der Waals surface area contributed by atoms with Gasteiger partial charge < -0.3 is 5.73 Å². The van der Waals surface area contributed by atoms with Gasteiger partial charge in [0.15, 0.2) is 0 Å². The molecule has 2 rings (SSSR count). The highest BCUT2D eigenvalue weighted by Crippen LogP contribution is 2.23. The first-order chi connectivity index (χ1) is 9.47. The molecule has 2 aromatic carbocycles. The predicted molar refractivity (Wildman–Crippen MR) is 75.1 cm³/mol. The van der Waals surface area contributed by atoms with Crippen molar-refractivity contribution in [3.05, 3.63) is 74.5 Å². The highest BCUT2D eigenvalue weighted by atomic mass is 35.5. The maximum Gasteiger partial charge on any atom is 0.269 e. The monoisotopic (exact) mass is 294 g/mol. The van der Waals surface area contributed by atoms with E-state index in [4.69, 9.17) is 17.3 Å². The summed E-state index contributed by atoms with van der Waals surface area (Å²) < 4.78 is 13.7. The number of nitro groups is 1. The summed E-state index contributed by atoms with van der Waals surface area (Å²) in [6, 6.07) is 9.85. The molecular formula is C14H12ClFN2O2. The summed E-state index contributed by atoms with van der Waals surface area (Å²) in [6.45, 7) is 0. The van der Waals surface area contributed by atoms with E-state index in [0.717, 1.165) is 5.56 Å². The minimum atomic E-state index is -0.534. The number of rotatable bonds is 4. The Hall–Kier alpha value is -1.98. The van der Waals surface area contributed by atoms with Crippen LogP contribution in [0.4, 0.5) is 10.1 Å². The lowest BCUT2D eigenvalue weighted by molar-refractivity contribution is -0.384. The van der Waals surface area contributed by atoms with Gasteiger partial charge in [0, 0.05) is 28.8 Å². The van der Waals surface area contributed by atoms with Crippen LogP contribution in [0.15, 0.2) is 42.5 Å². The molecule has 0 aliphatic heterocycles. The van der Waals surface area contributed by atoms with Crippen molar-refractivity contribution in [2.75, 3.05) is 0 Å². The molecule has 0 saturated heterocycles. The molecule has 0 amide bonds. The van der Waals surface area contributed by atoms with Crippen molar-refractivity contribution in [1.29, 1.82) is 0 Å². The Kier molecular flexibility index (Phi) is 4.32. The molecule has 0 saturated carbocycles. The Morgan fingerprint density at radius 2 is 1.90 bits per heavy atom. The maximum absolute atomic E-state index is 13.7. The number of hydrogen-bond acceptors (Lipinski definition) is 3. The summed E-state index contributed by atoms with van der Waals surface area (Å²) in [7, 11) is 0. The summed E-state index contributed by atoms with van der Waals surface area (Å²) in [5.41, 5.74) is 7.14. The Labute approximate surface area is 120 Å². The van der Waals surface area contributed by atoms with Crippen molar-refractivity contribution in [1.82, 2.24) is 0 Å². The molecule has 2 aromatic rings. The molecule has 0 heterocycles. The zero-order valence-electron chi connectivity index (χ0n) is 10.4. The van der Waals surface area contributed by atoms with Crippen LogP contribution in [0.3, 0.4) is 0 Å². The van der Waals surface area contributed by atoms with E-state index in [9.17, 15) is 14.5 Å². The van der Waals surface area contributed by atoms with Gasteiger partial charge >= 0.3 is 0 Å². The molecular weight excluding hydrogens is 283 g/mol. The third-order valence-corrected chi connectivity index (χ3v) is 3.20. The Morgan fingerprint density at radius 3 is 2.45 bits per heavy atom. The van der Waals surface area contributed by atoms with Crippen LogP contribution in [0.25, 0.3) is 0 Å². The average molecular weight is 295 g/mol. The average Bonchev–Trinajstić information content (AvgIpc) is 2.39. The first-order valence-corrected chi connectivity index (χ1v) is 6.29. The van der Waals surface area contributed by atoms with Gasteiger partial charge in [-0.25, -0.2) is 4.39 Å². The Balaban J connectivity index is 2.14. The lowest BCUT2D eigenvalue weighted by Gasteiger charge is -2.13. The van der Waals surface area contributed by atoms with E-state index >= 15 is 0 Å². The van der Waals surface area contributed by atoms with Gasteiger partial charge in [-0.2, -0.15) is 0 Å². The van der Waals surface area contributed by atoms with Gasteiger partial charge in [0.05, 0.1) is 4.92 Å². The van der Waals surface area contributed by atoms with Crippen molar-refractivity contribution >= 4 is 17.3 Å². The number of hydrogen-bond donors (Lipinski definition) is 1. The quantitative estimate of drug-likeness (QED) is 0.691. The van der Waals surface area contributed by atoms with Gasteiger partial charge in [-0.1, -0.05) is 29.8 Å². The fraction of sp³-hybridized carbons (Fsp3) is 0.143. The van der Waals surface area contributed by atoms with E-state index in [0.29, 0.717) is 17.0 Å². The van der Waals surface area contributed by atoms with Crippen molar-refractivity contribution in [3.8, 4) is 0 Å². The molecule has 0 bridgehead atoms. The largest absolute Gasteiger partial charge is 0.324 e. The molecule has 0 aromatic heterocycles. The van der Waals surface area contributed by atoms with Gasteiger partial charge in [-0.3, -0.25) is 10.1 Å². The maximum atomic E-state index is 13.7. The third kappa shape index (κ3) is 3.31. The van der Waals surface area contributed by atoms with E-state index in [2.05, 4.69) is 0 Å². The molecule has 0 aliphatic rings. The molecule has 0 spiro atoms. The summed E-state index contributed by atoms with van der Waals surface area (Å²) in [4.78, 5) is 10.1. The van der Waals surface area contributed by atoms with E-state index in [1.807, 2.05) is 0 Å². The van der Waals surface area contributed by atoms with Crippen LogP contribution in [0.2, 0.25) is 5.02 Å². The zero-order valence-corrected chi connectivity index (χ0v) is 11.2. The number of nitrogens with two attached hydrogens (primary N) is 1. The normalized spacial score (nSPS) is 12.2. The topological polar surface area (TPSA) is 69.2 Å². The molecule has 0 radical (unpaired) electrons. The van der Waals surface area contributed by atoms with E-state index in [1.54, 1.807) is 24.3 Å². The second-order valence-electron chi connectivity index (χ2n) is 4.40. The van der Waals surface area contributed by atoms with Crippen LogP contribution in [-0.4, -0.2) is 4.92 Å². The second-order valence-corrected chi connectivity index (χ2v) is 4.84. The minimum Gasteiger partial charge on any atom is -0.324 e. The van der Waals surface area contributed by atoms with Crippen LogP contribution in [0, 0.1) is 15.9 Å². The van der Waals surface area contributed by atoms with E-state index < -0.39 is 16.8 Å². The predicted octanol–water partition coefficient (Wildman–Crippen LogP) is 3.63. The van der Waals surface area contributed by atoms with Gasteiger partial charge in [-0.05, 0) is 24.1 Å². The van der Waals surface area contributed by atoms with E-state index in [1.165, 1.54) is 18.2 Å². The number of benzene rings is 2. The van der Waals surface area contributed by atoms with Crippen molar-refractivity contribution in [3.63, 3.8) is 0 Å². The number of nitro benzene ring substituents is 1. The van der Waals surface area contributed by atoms with Crippen LogP contribution in [0.1, 0.15) is 17.2 Å². The summed E-state index contributed by atoms with van der Waals surface area (Å²) in [5, 5.41) is 10.9. The molecule has 0 aliphatic carbocycles. The minimum absolute atomic E-state index is 0.0139. The molecule has 20 heavy (non-hydrogen) atoms. The van der Waals surface area contributed by atoms with Crippen molar-refractivity contribution < 1.29 is 9.31 Å². The summed E-state index contributed by atoms with van der Waals surface area (Å²) >= 11 is 5.68. The van der Waals surface area contributed by atoms with Gasteiger partial charge in [-0.15, -0.1) is 0 Å². The molecule has 2 N–H and O–H groups in total. The third-order valence-electron chi connectivity index (χ3n) is 2.96. The molecule has 4 nitrogen and oxygen atoms in total. The molecule has 104 valence electrons. The van der Waals surface area contributed by atoms with Crippen LogP contribution in [-0.2, 0) is 6.42 Å². The number of non-ortho nitro benzene ring substituents is 1. The summed E-state index contributed by atoms with van der Waals surface area (Å²) in [5.74, 6) is -0.452. The second kappa shape index (κ2) is 5.98. The first kappa shape index (κ1) is 14.4. The van der Waals surface area contributed by atoms with Gasteiger partial charge in [0.1, 0.15) is 5.82 Å². The van der Waals surface area contributed by atoms with Crippen LogP contribution >= 0.6 is 11.6 Å². The fourth-order valence-corrected chi connectivity index (χ4v) is 2.08. The zero-order chi connectivity index (χ0) is 14.7. The van der Waals surface area contributed by atoms with E-state index in [-0.39, 0.29) is 5.69 Å².